The summed E-state index contributed by atoms with van der Waals surface area (Å²) in [5, 5.41) is 8.94. The summed E-state index contributed by atoms with van der Waals surface area (Å²) in [4.78, 5) is 21.5. The summed E-state index contributed by atoms with van der Waals surface area (Å²) in [5.41, 5.74) is 1.31. The number of ether oxygens (including phenoxy) is 1. The highest BCUT2D eigenvalue weighted by Gasteiger charge is 2.23. The lowest BCUT2D eigenvalue weighted by Gasteiger charge is -2.22. The molecule has 0 radical (unpaired) electrons. The number of aliphatic carboxylic acids is 1. The molecule has 0 fully saturated rings. The van der Waals surface area contributed by atoms with Gasteiger partial charge in [-0.05, 0) is 31.2 Å². The third kappa shape index (κ3) is 1.69. The molecule has 1 N–H and O–H groups in total. The fourth-order valence-corrected chi connectivity index (χ4v) is 1.63. The Kier molecular flexibility index (Phi) is 2.48. The van der Waals surface area contributed by atoms with Crippen LogP contribution in [0.5, 0.6) is 5.75 Å². The van der Waals surface area contributed by atoms with Gasteiger partial charge in [0.15, 0.2) is 0 Å². The molecule has 0 aliphatic carbocycles. The fraction of sp³-hybridized carbons (Fsp3) is 0.167. The molecule has 1 aromatic rings. The second-order valence-corrected chi connectivity index (χ2v) is 3.58. The van der Waals surface area contributed by atoms with E-state index >= 15 is 0 Å². The van der Waals surface area contributed by atoms with E-state index < -0.39 is 12.1 Å². The van der Waals surface area contributed by atoms with E-state index in [9.17, 15) is 9.59 Å². The minimum absolute atomic E-state index is 0.190. The van der Waals surface area contributed by atoms with Crippen molar-refractivity contribution >= 4 is 18.3 Å². The minimum Gasteiger partial charge on any atom is -0.485 e. The van der Waals surface area contributed by atoms with Gasteiger partial charge in [-0.1, -0.05) is 0 Å². The SMILES string of the molecule is CC1Oc2ccc(C=O)cc2C=C1C(=O)O. The van der Waals surface area contributed by atoms with Crippen molar-refractivity contribution in [3.63, 3.8) is 0 Å². The first-order valence-corrected chi connectivity index (χ1v) is 4.82. The number of hydrogen-bond donors (Lipinski definition) is 1. The Morgan fingerprint density at radius 2 is 2.25 bits per heavy atom. The van der Waals surface area contributed by atoms with E-state index in [0.717, 1.165) is 0 Å². The van der Waals surface area contributed by atoms with Crippen LogP contribution in [0.4, 0.5) is 0 Å². The van der Waals surface area contributed by atoms with E-state index in [2.05, 4.69) is 0 Å². The van der Waals surface area contributed by atoms with Gasteiger partial charge in [-0.2, -0.15) is 0 Å². The largest absolute Gasteiger partial charge is 0.485 e. The van der Waals surface area contributed by atoms with Crippen LogP contribution in [0.25, 0.3) is 6.08 Å². The van der Waals surface area contributed by atoms with E-state index in [4.69, 9.17) is 9.84 Å². The number of aldehydes is 1. The third-order valence-corrected chi connectivity index (χ3v) is 2.47. The van der Waals surface area contributed by atoms with Gasteiger partial charge in [0.05, 0.1) is 5.57 Å². The zero-order valence-corrected chi connectivity index (χ0v) is 8.64. The molecule has 1 aliphatic rings. The van der Waals surface area contributed by atoms with Crippen molar-refractivity contribution in [3.8, 4) is 5.75 Å². The van der Waals surface area contributed by atoms with Gasteiger partial charge < -0.3 is 9.84 Å². The number of carbonyl (C=O) groups is 2. The molecule has 1 unspecified atom stereocenters. The lowest BCUT2D eigenvalue weighted by Crippen LogP contribution is -2.24. The van der Waals surface area contributed by atoms with Gasteiger partial charge >= 0.3 is 5.97 Å². The van der Waals surface area contributed by atoms with Crippen LogP contribution in [0, 0.1) is 0 Å². The molecule has 0 spiro atoms. The Labute approximate surface area is 92.2 Å². The molecular formula is C12H10O4. The summed E-state index contributed by atoms with van der Waals surface area (Å²) in [6, 6.07) is 4.92. The molecule has 16 heavy (non-hydrogen) atoms. The molecule has 1 aliphatic heterocycles. The molecule has 0 bridgehead atoms. The number of carboxylic acid groups (broad SMARTS) is 1. The second kappa shape index (κ2) is 3.81. The highest BCUT2D eigenvalue weighted by molar-refractivity contribution is 5.95. The average molecular weight is 218 g/mol. The van der Waals surface area contributed by atoms with E-state index in [0.29, 0.717) is 23.2 Å². The Balaban J connectivity index is 2.51. The van der Waals surface area contributed by atoms with Crippen LogP contribution >= 0.6 is 0 Å². The molecule has 0 saturated carbocycles. The zero-order valence-electron chi connectivity index (χ0n) is 8.64. The Hall–Kier alpha value is -2.10. The first-order valence-electron chi connectivity index (χ1n) is 4.82. The smallest absolute Gasteiger partial charge is 0.335 e. The minimum atomic E-state index is -1.00. The molecule has 82 valence electrons. The average Bonchev–Trinajstić information content (AvgIpc) is 2.27. The quantitative estimate of drug-likeness (QED) is 0.768. The number of fused-ring (bicyclic) bond motifs is 1. The van der Waals surface area contributed by atoms with E-state index in [1.54, 1.807) is 31.2 Å². The van der Waals surface area contributed by atoms with Gasteiger partial charge in [-0.15, -0.1) is 0 Å². The van der Waals surface area contributed by atoms with Crippen LogP contribution in [-0.4, -0.2) is 23.5 Å². The number of benzene rings is 1. The molecule has 1 atom stereocenters. The highest BCUT2D eigenvalue weighted by Crippen LogP contribution is 2.30. The van der Waals surface area contributed by atoms with Gasteiger partial charge in [-0.25, -0.2) is 4.79 Å². The normalized spacial score (nSPS) is 18.1. The van der Waals surface area contributed by atoms with Crippen molar-refractivity contribution in [2.75, 3.05) is 0 Å². The lowest BCUT2D eigenvalue weighted by atomic mass is 10.0. The number of rotatable bonds is 2. The molecule has 1 aromatic carbocycles. The van der Waals surface area contributed by atoms with Gasteiger partial charge in [0, 0.05) is 11.1 Å². The van der Waals surface area contributed by atoms with E-state index in [1.165, 1.54) is 0 Å². The first-order chi connectivity index (χ1) is 7.61. The molecular weight excluding hydrogens is 208 g/mol. The molecule has 0 amide bonds. The summed E-state index contributed by atoms with van der Waals surface area (Å²) < 4.78 is 5.44. The monoisotopic (exact) mass is 218 g/mol. The summed E-state index contributed by atoms with van der Waals surface area (Å²) in [6.45, 7) is 1.68. The molecule has 4 nitrogen and oxygen atoms in total. The van der Waals surface area contributed by atoms with Crippen LogP contribution < -0.4 is 4.74 Å². The molecule has 2 rings (SSSR count). The number of hydrogen-bond acceptors (Lipinski definition) is 3. The molecule has 1 heterocycles. The van der Waals surface area contributed by atoms with Crippen molar-refractivity contribution in [1.82, 2.24) is 0 Å². The van der Waals surface area contributed by atoms with Crippen molar-refractivity contribution in [2.24, 2.45) is 0 Å². The van der Waals surface area contributed by atoms with Gasteiger partial charge in [0.2, 0.25) is 0 Å². The van der Waals surface area contributed by atoms with E-state index in [-0.39, 0.29) is 5.57 Å². The van der Waals surface area contributed by atoms with Crippen LogP contribution in [0.15, 0.2) is 23.8 Å². The topological polar surface area (TPSA) is 63.6 Å². The van der Waals surface area contributed by atoms with E-state index in [1.807, 2.05) is 0 Å². The maximum absolute atomic E-state index is 10.9. The van der Waals surface area contributed by atoms with Crippen molar-refractivity contribution in [1.29, 1.82) is 0 Å². The van der Waals surface area contributed by atoms with Crippen LogP contribution in [-0.2, 0) is 4.79 Å². The van der Waals surface area contributed by atoms with Crippen molar-refractivity contribution in [3.05, 3.63) is 34.9 Å². The summed E-state index contributed by atoms with van der Waals surface area (Å²) in [6.07, 6.45) is 1.78. The summed E-state index contributed by atoms with van der Waals surface area (Å²) in [7, 11) is 0. The number of carboxylic acids is 1. The Morgan fingerprint density at radius 3 is 2.88 bits per heavy atom. The molecule has 0 aromatic heterocycles. The second-order valence-electron chi connectivity index (χ2n) is 3.58. The molecule has 4 heteroatoms. The predicted molar refractivity (Wildman–Crippen MR) is 57.5 cm³/mol. The van der Waals surface area contributed by atoms with Gasteiger partial charge in [-0.3, -0.25) is 4.79 Å². The maximum atomic E-state index is 10.9. The maximum Gasteiger partial charge on any atom is 0.335 e. The van der Waals surface area contributed by atoms with Gasteiger partial charge in [0.25, 0.3) is 0 Å². The van der Waals surface area contributed by atoms with Crippen LogP contribution in [0.3, 0.4) is 0 Å². The van der Waals surface area contributed by atoms with Crippen molar-refractivity contribution in [2.45, 2.75) is 13.0 Å². The number of carbonyl (C=O) groups excluding carboxylic acids is 1. The first kappa shape index (κ1) is 10.4. The van der Waals surface area contributed by atoms with Crippen LogP contribution in [0.2, 0.25) is 0 Å². The Morgan fingerprint density at radius 1 is 1.50 bits per heavy atom. The summed E-state index contributed by atoms with van der Waals surface area (Å²) in [5.74, 6) is -0.405. The fourth-order valence-electron chi connectivity index (χ4n) is 1.63. The summed E-state index contributed by atoms with van der Waals surface area (Å²) >= 11 is 0. The third-order valence-electron chi connectivity index (χ3n) is 2.47. The Bertz CT molecular complexity index is 488. The predicted octanol–water partition coefficient (Wildman–Crippen LogP) is 1.75. The highest BCUT2D eigenvalue weighted by atomic mass is 16.5. The van der Waals surface area contributed by atoms with Crippen molar-refractivity contribution < 1.29 is 19.4 Å². The van der Waals surface area contributed by atoms with Gasteiger partial charge in [0.1, 0.15) is 18.1 Å². The standard InChI is InChI=1S/C12H10O4/c1-7-10(12(14)15)5-9-4-8(6-13)2-3-11(9)16-7/h2-7H,1H3,(H,14,15). The zero-order chi connectivity index (χ0) is 11.7. The lowest BCUT2D eigenvalue weighted by molar-refractivity contribution is -0.133. The van der Waals surface area contributed by atoms with Crippen LogP contribution in [0.1, 0.15) is 22.8 Å². The molecule has 0 saturated heterocycles.